The SMILES string of the molecule is C=C(N1CCNCC1)C(C)(C)CC.CCC(C)(C)C(=O)NCCCN.CCC(C)C(=O)OCCN1CCOCC1.Cl. The first-order chi connectivity index (χ1) is 18.9. The second-order valence-electron chi connectivity index (χ2n) is 12.0. The molecule has 4 N–H and O–H groups in total. The number of nitrogens with one attached hydrogen (secondary N) is 2. The number of carbonyl (C=O) groups excluding carboxylic acids is 2. The van der Waals surface area contributed by atoms with Crippen LogP contribution < -0.4 is 16.4 Å². The number of piperazine rings is 1. The number of ether oxygens (including phenoxy) is 2. The summed E-state index contributed by atoms with van der Waals surface area (Å²) in [6, 6.07) is 0. The predicted octanol–water partition coefficient (Wildman–Crippen LogP) is 4.06. The van der Waals surface area contributed by atoms with Crippen LogP contribution in [-0.2, 0) is 19.1 Å². The topological polar surface area (TPSA) is 109 Å². The van der Waals surface area contributed by atoms with Crippen molar-refractivity contribution >= 4 is 24.3 Å². The summed E-state index contributed by atoms with van der Waals surface area (Å²) < 4.78 is 10.4. The average Bonchev–Trinajstić information content (AvgIpc) is 2.97. The van der Waals surface area contributed by atoms with E-state index in [1.165, 1.54) is 5.70 Å². The molecule has 1 atom stereocenters. The van der Waals surface area contributed by atoms with Crippen molar-refractivity contribution in [3.63, 3.8) is 0 Å². The van der Waals surface area contributed by atoms with Crippen LogP contribution in [0.15, 0.2) is 12.3 Å². The van der Waals surface area contributed by atoms with Gasteiger partial charge in [0.2, 0.25) is 5.91 Å². The number of allylic oxidation sites excluding steroid dienone is 1. The molecule has 0 aromatic carbocycles. The molecule has 2 rings (SSSR count). The van der Waals surface area contributed by atoms with Crippen LogP contribution in [0.1, 0.15) is 81.1 Å². The normalized spacial score (nSPS) is 16.6. The molecular weight excluding hydrogens is 542 g/mol. The van der Waals surface area contributed by atoms with E-state index in [-0.39, 0.29) is 41.0 Å². The summed E-state index contributed by atoms with van der Waals surface area (Å²) in [4.78, 5) is 27.4. The molecule has 0 radical (unpaired) electrons. The molecule has 2 aliphatic heterocycles. The maximum absolute atomic E-state index is 11.4. The lowest BCUT2D eigenvalue weighted by atomic mass is 9.86. The second kappa shape index (κ2) is 23.1. The van der Waals surface area contributed by atoms with Gasteiger partial charge in [-0.15, -0.1) is 12.4 Å². The van der Waals surface area contributed by atoms with Crippen molar-refractivity contribution in [2.45, 2.75) is 81.1 Å². The third kappa shape index (κ3) is 18.0. The molecule has 2 fully saturated rings. The molecule has 244 valence electrons. The monoisotopic (exact) mass is 605 g/mol. The highest BCUT2D eigenvalue weighted by molar-refractivity contribution is 5.85. The number of halogens is 1. The molecular formula is C31H64ClN5O4. The molecule has 2 heterocycles. The van der Waals surface area contributed by atoms with Crippen molar-refractivity contribution in [1.29, 1.82) is 0 Å². The zero-order chi connectivity index (χ0) is 30.6. The maximum Gasteiger partial charge on any atom is 0.308 e. The van der Waals surface area contributed by atoms with Gasteiger partial charge in [0.25, 0.3) is 0 Å². The fraction of sp³-hybridized carbons (Fsp3) is 0.871. The molecule has 0 aliphatic carbocycles. The fourth-order valence-corrected chi connectivity index (χ4v) is 3.68. The molecule has 2 saturated heterocycles. The summed E-state index contributed by atoms with van der Waals surface area (Å²) in [5.74, 6) is 0.0684. The minimum atomic E-state index is -0.241. The number of hydrogen-bond acceptors (Lipinski definition) is 8. The van der Waals surface area contributed by atoms with Crippen LogP contribution in [0.5, 0.6) is 0 Å². The lowest BCUT2D eigenvalue weighted by Crippen LogP contribution is -2.45. The van der Waals surface area contributed by atoms with Crippen LogP contribution in [0.3, 0.4) is 0 Å². The molecule has 1 unspecified atom stereocenters. The molecule has 0 aromatic heterocycles. The smallest absolute Gasteiger partial charge is 0.308 e. The van der Waals surface area contributed by atoms with Gasteiger partial charge in [0.15, 0.2) is 0 Å². The number of nitrogens with zero attached hydrogens (tertiary/aromatic N) is 2. The van der Waals surface area contributed by atoms with Gasteiger partial charge >= 0.3 is 5.97 Å². The van der Waals surface area contributed by atoms with Gasteiger partial charge in [-0.25, -0.2) is 0 Å². The minimum absolute atomic E-state index is 0. The van der Waals surface area contributed by atoms with Crippen LogP contribution >= 0.6 is 12.4 Å². The van der Waals surface area contributed by atoms with Gasteiger partial charge in [0.05, 0.1) is 19.1 Å². The summed E-state index contributed by atoms with van der Waals surface area (Å²) in [5.41, 5.74) is 6.63. The predicted molar refractivity (Wildman–Crippen MR) is 173 cm³/mol. The van der Waals surface area contributed by atoms with Crippen LogP contribution in [0.2, 0.25) is 0 Å². The Kier molecular flexibility index (Phi) is 23.5. The molecule has 2 aliphatic rings. The Hall–Kier alpha value is -1.39. The van der Waals surface area contributed by atoms with Gasteiger partial charge < -0.3 is 30.7 Å². The first-order valence-electron chi connectivity index (χ1n) is 15.5. The van der Waals surface area contributed by atoms with E-state index in [4.69, 9.17) is 15.2 Å². The van der Waals surface area contributed by atoms with Crippen LogP contribution in [0.4, 0.5) is 0 Å². The Balaban J connectivity index is 0. The van der Waals surface area contributed by atoms with E-state index in [2.05, 4.69) is 47.8 Å². The van der Waals surface area contributed by atoms with Gasteiger partial charge in [-0.1, -0.05) is 62.0 Å². The third-order valence-corrected chi connectivity index (χ3v) is 8.10. The van der Waals surface area contributed by atoms with Gasteiger partial charge in [0, 0.05) is 68.9 Å². The first kappa shape index (κ1) is 41.7. The molecule has 0 bridgehead atoms. The maximum atomic E-state index is 11.4. The van der Waals surface area contributed by atoms with Crippen molar-refractivity contribution in [1.82, 2.24) is 20.4 Å². The average molecular weight is 606 g/mol. The molecule has 0 saturated carbocycles. The summed E-state index contributed by atoms with van der Waals surface area (Å²) in [6.45, 7) is 31.4. The largest absolute Gasteiger partial charge is 0.464 e. The molecule has 41 heavy (non-hydrogen) atoms. The van der Waals surface area contributed by atoms with E-state index in [9.17, 15) is 9.59 Å². The van der Waals surface area contributed by atoms with Gasteiger partial charge in [0.1, 0.15) is 6.61 Å². The molecule has 0 aromatic rings. The molecule has 9 nitrogen and oxygen atoms in total. The third-order valence-electron chi connectivity index (χ3n) is 8.10. The van der Waals surface area contributed by atoms with E-state index in [1.54, 1.807) is 0 Å². The van der Waals surface area contributed by atoms with Gasteiger partial charge in [-0.05, 0) is 32.2 Å². The lowest BCUT2D eigenvalue weighted by Gasteiger charge is -2.38. The van der Waals surface area contributed by atoms with Crippen molar-refractivity contribution in [3.05, 3.63) is 12.3 Å². The Morgan fingerprint density at radius 1 is 1.02 bits per heavy atom. The van der Waals surface area contributed by atoms with Crippen LogP contribution in [0.25, 0.3) is 0 Å². The number of amides is 1. The number of morpholine rings is 1. The molecule has 1 amide bonds. The fourth-order valence-electron chi connectivity index (χ4n) is 3.68. The summed E-state index contributed by atoms with van der Waals surface area (Å²) in [7, 11) is 0. The Labute approximate surface area is 258 Å². The molecule has 10 heteroatoms. The first-order valence-corrected chi connectivity index (χ1v) is 15.5. The summed E-state index contributed by atoms with van der Waals surface area (Å²) >= 11 is 0. The minimum Gasteiger partial charge on any atom is -0.464 e. The summed E-state index contributed by atoms with van der Waals surface area (Å²) in [5, 5.41) is 6.21. The van der Waals surface area contributed by atoms with Crippen LogP contribution in [0, 0.1) is 16.7 Å². The quantitative estimate of drug-likeness (QED) is 0.213. The van der Waals surface area contributed by atoms with E-state index in [0.717, 1.165) is 84.7 Å². The van der Waals surface area contributed by atoms with Gasteiger partial charge in [-0.3, -0.25) is 14.5 Å². The number of hydrogen-bond donors (Lipinski definition) is 3. The highest BCUT2D eigenvalue weighted by atomic mass is 35.5. The highest BCUT2D eigenvalue weighted by Crippen LogP contribution is 2.31. The Morgan fingerprint density at radius 3 is 2.07 bits per heavy atom. The van der Waals surface area contributed by atoms with Crippen LogP contribution in [-0.4, -0.2) is 100 Å². The second-order valence-corrected chi connectivity index (χ2v) is 12.0. The van der Waals surface area contributed by atoms with E-state index < -0.39 is 0 Å². The number of rotatable bonds is 13. The summed E-state index contributed by atoms with van der Waals surface area (Å²) in [6.07, 6.45) is 3.72. The van der Waals surface area contributed by atoms with Crippen molar-refractivity contribution in [3.8, 4) is 0 Å². The van der Waals surface area contributed by atoms with E-state index >= 15 is 0 Å². The number of carbonyl (C=O) groups is 2. The lowest BCUT2D eigenvalue weighted by molar-refractivity contribution is -0.148. The van der Waals surface area contributed by atoms with Crippen molar-refractivity contribution < 1.29 is 19.1 Å². The number of nitrogens with two attached hydrogens (primary N) is 1. The standard InChI is InChI=1S/C11H22N2.C11H21NO3.C9H20N2O.ClH/c1-5-11(3,4)10(2)13-8-6-12-7-9-13;1-3-10(2)11(13)15-9-6-12-4-7-14-8-5-12;1-4-9(2,3)8(12)11-7-5-6-10;/h12H,2,5-9H2,1,3-4H3;10H,3-9H2,1-2H3;4-7,10H2,1-3H3,(H,11,12);1H. The van der Waals surface area contributed by atoms with Crippen molar-refractivity contribution in [2.24, 2.45) is 22.5 Å². The number of esters is 1. The Bertz CT molecular complexity index is 709. The highest BCUT2D eigenvalue weighted by Gasteiger charge is 2.25. The Morgan fingerprint density at radius 2 is 1.59 bits per heavy atom. The zero-order valence-electron chi connectivity index (χ0n) is 27.6. The van der Waals surface area contributed by atoms with Crippen molar-refractivity contribution in [2.75, 3.05) is 78.7 Å². The van der Waals surface area contributed by atoms with E-state index in [1.807, 2.05) is 34.6 Å². The molecule has 0 spiro atoms. The zero-order valence-corrected chi connectivity index (χ0v) is 28.4. The van der Waals surface area contributed by atoms with E-state index in [0.29, 0.717) is 19.7 Å². The van der Waals surface area contributed by atoms with Gasteiger partial charge in [-0.2, -0.15) is 0 Å².